The molecule has 1 aliphatic carbocycles. The second-order valence-electron chi connectivity index (χ2n) is 7.38. The third kappa shape index (κ3) is 4.42. The number of rotatable bonds is 0. The zero-order chi connectivity index (χ0) is 16.3. The van der Waals surface area contributed by atoms with Gasteiger partial charge in [-0.05, 0) is 84.8 Å². The molecular weight excluding hydrogens is 272 g/mol. The van der Waals surface area contributed by atoms with Gasteiger partial charge < -0.3 is 4.74 Å². The number of hydrogen-bond donors (Lipinski definition) is 0. The lowest BCUT2D eigenvalue weighted by molar-refractivity contribution is -0.111. The fourth-order valence-corrected chi connectivity index (χ4v) is 3.26. The lowest BCUT2D eigenvalue weighted by atomic mass is 9.91. The summed E-state index contributed by atoms with van der Waals surface area (Å²) in [4.78, 5) is 12.5. The van der Waals surface area contributed by atoms with Crippen molar-refractivity contribution in [3.05, 3.63) is 34.4 Å². The Morgan fingerprint density at radius 2 is 1.91 bits per heavy atom. The fraction of sp³-hybridized carbons (Fsp3) is 0.650. The molecule has 0 spiro atoms. The van der Waals surface area contributed by atoms with Crippen LogP contribution in [-0.4, -0.2) is 17.5 Å². The van der Waals surface area contributed by atoms with E-state index >= 15 is 0 Å². The van der Waals surface area contributed by atoms with Gasteiger partial charge >= 0.3 is 0 Å². The molecule has 0 radical (unpaired) electrons. The van der Waals surface area contributed by atoms with E-state index < -0.39 is 0 Å². The van der Waals surface area contributed by atoms with Gasteiger partial charge in [0, 0.05) is 0 Å². The van der Waals surface area contributed by atoms with Crippen molar-refractivity contribution in [3.63, 3.8) is 0 Å². The second kappa shape index (κ2) is 6.95. The van der Waals surface area contributed by atoms with E-state index in [1.807, 2.05) is 19.9 Å². The van der Waals surface area contributed by atoms with E-state index in [4.69, 9.17) is 4.74 Å². The van der Waals surface area contributed by atoms with Gasteiger partial charge in [0.05, 0.1) is 11.7 Å². The molecule has 1 aliphatic heterocycles. The van der Waals surface area contributed by atoms with Gasteiger partial charge in [-0.2, -0.15) is 0 Å². The van der Waals surface area contributed by atoms with Crippen molar-refractivity contribution in [2.75, 3.05) is 0 Å². The summed E-state index contributed by atoms with van der Waals surface area (Å²) >= 11 is 0. The molecule has 0 aromatic heterocycles. The smallest absolute Gasteiger partial charge is 0.181 e. The van der Waals surface area contributed by atoms with Gasteiger partial charge in [-0.25, -0.2) is 0 Å². The summed E-state index contributed by atoms with van der Waals surface area (Å²) in [5.74, 6) is 0.191. The first-order valence-corrected chi connectivity index (χ1v) is 8.53. The molecular formula is C20H30O2. The summed E-state index contributed by atoms with van der Waals surface area (Å²) in [5, 5.41) is 0. The molecule has 2 aliphatic rings. The molecule has 1 fully saturated rings. The minimum Gasteiger partial charge on any atom is -0.366 e. The monoisotopic (exact) mass is 302 g/mol. The molecule has 0 aromatic carbocycles. The van der Waals surface area contributed by atoms with E-state index in [-0.39, 0.29) is 11.4 Å². The third-order valence-corrected chi connectivity index (χ3v) is 5.02. The zero-order valence-corrected chi connectivity index (χ0v) is 14.8. The Morgan fingerprint density at radius 1 is 1.18 bits per heavy atom. The van der Waals surface area contributed by atoms with Crippen molar-refractivity contribution in [3.8, 4) is 0 Å². The molecule has 2 unspecified atom stereocenters. The first-order valence-electron chi connectivity index (χ1n) is 8.53. The van der Waals surface area contributed by atoms with Gasteiger partial charge in [-0.1, -0.05) is 22.8 Å². The molecule has 0 aromatic rings. The minimum absolute atomic E-state index is 0.0237. The fourth-order valence-electron chi connectivity index (χ4n) is 3.26. The highest BCUT2D eigenvalue weighted by molar-refractivity contribution is 6.04. The number of hydrogen-bond acceptors (Lipinski definition) is 2. The van der Waals surface area contributed by atoms with Crippen LogP contribution in [0.5, 0.6) is 0 Å². The highest BCUT2D eigenvalue weighted by Crippen LogP contribution is 2.44. The molecule has 2 heteroatoms. The number of carbonyl (C=O) groups is 1. The number of allylic oxidation sites excluding steroid dienone is 6. The molecule has 0 N–H and O–H groups in total. The van der Waals surface area contributed by atoms with Crippen molar-refractivity contribution in [2.45, 2.75) is 84.8 Å². The van der Waals surface area contributed by atoms with Crippen molar-refractivity contribution in [2.24, 2.45) is 0 Å². The highest BCUT2D eigenvalue weighted by atomic mass is 16.6. The van der Waals surface area contributed by atoms with E-state index in [0.717, 1.165) is 49.7 Å². The van der Waals surface area contributed by atoms with Crippen LogP contribution < -0.4 is 0 Å². The van der Waals surface area contributed by atoms with Crippen molar-refractivity contribution < 1.29 is 9.53 Å². The summed E-state index contributed by atoms with van der Waals surface area (Å²) in [7, 11) is 0. The van der Waals surface area contributed by atoms with Gasteiger partial charge in [0.1, 0.15) is 0 Å². The lowest BCUT2D eigenvalue weighted by Crippen LogP contribution is -2.13. The normalized spacial score (nSPS) is 35.6. The van der Waals surface area contributed by atoms with Crippen LogP contribution >= 0.6 is 0 Å². The van der Waals surface area contributed by atoms with Crippen LogP contribution in [0.2, 0.25) is 0 Å². The quantitative estimate of drug-likeness (QED) is 0.345. The minimum atomic E-state index is -0.0237. The maximum absolute atomic E-state index is 12.5. The summed E-state index contributed by atoms with van der Waals surface area (Å²) in [6.45, 7) is 10.5. The first kappa shape index (κ1) is 17.2. The molecule has 0 amide bonds. The number of ether oxygens (including phenoxy) is 1. The molecule has 2 rings (SSSR count). The largest absolute Gasteiger partial charge is 0.366 e. The van der Waals surface area contributed by atoms with Gasteiger partial charge in [-0.3, -0.25) is 4.79 Å². The van der Waals surface area contributed by atoms with Crippen LogP contribution in [0.4, 0.5) is 0 Å². The standard InChI is InChI=1S/C20H30O2/c1-14(2)17-11-12-20(5)19(22-20)10-9-15(3)7-6-8-16(4)13-18(17)21/h7,13,19H,6,8-12H2,1-5H3/b15-7+,16-13+. The van der Waals surface area contributed by atoms with Gasteiger partial charge in [-0.15, -0.1) is 0 Å². The van der Waals surface area contributed by atoms with Crippen LogP contribution in [0.15, 0.2) is 34.4 Å². The average molecular weight is 302 g/mol. The van der Waals surface area contributed by atoms with E-state index in [1.54, 1.807) is 0 Å². The third-order valence-electron chi connectivity index (χ3n) is 5.02. The van der Waals surface area contributed by atoms with Crippen molar-refractivity contribution in [1.29, 1.82) is 0 Å². The Morgan fingerprint density at radius 3 is 2.59 bits per heavy atom. The topological polar surface area (TPSA) is 29.6 Å². The zero-order valence-electron chi connectivity index (χ0n) is 14.8. The predicted octanol–water partition coefficient (Wildman–Crippen LogP) is 5.30. The first-order chi connectivity index (χ1) is 10.3. The van der Waals surface area contributed by atoms with E-state index in [9.17, 15) is 4.79 Å². The average Bonchev–Trinajstić information content (AvgIpc) is 3.06. The lowest BCUT2D eigenvalue weighted by Gasteiger charge is -2.11. The predicted molar refractivity (Wildman–Crippen MR) is 91.9 cm³/mol. The SMILES string of the molecule is CC(C)=C1CCC2(C)OC2CC/C(C)=C/CC/C(C)=C/C1=O. The Labute approximate surface area is 135 Å². The summed E-state index contributed by atoms with van der Waals surface area (Å²) in [6, 6.07) is 0. The Kier molecular flexibility index (Phi) is 5.44. The van der Waals surface area contributed by atoms with E-state index in [1.165, 1.54) is 11.1 Å². The number of epoxide rings is 1. The van der Waals surface area contributed by atoms with E-state index in [0.29, 0.717) is 6.10 Å². The number of carbonyl (C=O) groups excluding carboxylic acids is 1. The molecule has 2 atom stereocenters. The molecule has 122 valence electrons. The maximum atomic E-state index is 12.5. The molecule has 22 heavy (non-hydrogen) atoms. The highest BCUT2D eigenvalue weighted by Gasteiger charge is 2.50. The van der Waals surface area contributed by atoms with Crippen molar-refractivity contribution >= 4 is 5.78 Å². The summed E-state index contributed by atoms with van der Waals surface area (Å²) in [5.41, 5.74) is 4.70. The molecule has 2 nitrogen and oxygen atoms in total. The van der Waals surface area contributed by atoms with Crippen LogP contribution in [0.1, 0.15) is 73.1 Å². The van der Waals surface area contributed by atoms with Crippen LogP contribution in [0.25, 0.3) is 0 Å². The second-order valence-corrected chi connectivity index (χ2v) is 7.38. The van der Waals surface area contributed by atoms with Crippen LogP contribution in [0, 0.1) is 0 Å². The summed E-state index contributed by atoms with van der Waals surface area (Å²) < 4.78 is 5.94. The maximum Gasteiger partial charge on any atom is 0.181 e. The molecule has 1 heterocycles. The summed E-state index contributed by atoms with van der Waals surface area (Å²) in [6.07, 6.45) is 10.5. The van der Waals surface area contributed by atoms with Crippen LogP contribution in [-0.2, 0) is 9.53 Å². The Bertz CT molecular complexity index is 532. The number of ketones is 1. The van der Waals surface area contributed by atoms with Crippen molar-refractivity contribution in [1.82, 2.24) is 0 Å². The molecule has 0 bridgehead atoms. The molecule has 1 saturated heterocycles. The molecule has 0 saturated carbocycles. The van der Waals surface area contributed by atoms with Crippen LogP contribution in [0.3, 0.4) is 0 Å². The van der Waals surface area contributed by atoms with Gasteiger partial charge in [0.25, 0.3) is 0 Å². The Balaban J connectivity index is 2.19. The van der Waals surface area contributed by atoms with E-state index in [2.05, 4.69) is 26.8 Å². The Hall–Kier alpha value is -1.15. The number of fused-ring (bicyclic) bond motifs is 1. The van der Waals surface area contributed by atoms with Gasteiger partial charge in [0.2, 0.25) is 0 Å². The van der Waals surface area contributed by atoms with Gasteiger partial charge in [0.15, 0.2) is 5.78 Å².